The molecule has 1 N–H and O–H groups in total. The Labute approximate surface area is 145 Å². The quantitative estimate of drug-likeness (QED) is 0.901. The van der Waals surface area contributed by atoms with Crippen molar-refractivity contribution in [2.75, 3.05) is 44.7 Å². The van der Waals surface area contributed by atoms with Gasteiger partial charge in [0.15, 0.2) is 0 Å². The lowest BCUT2D eigenvalue weighted by Gasteiger charge is -2.34. The summed E-state index contributed by atoms with van der Waals surface area (Å²) in [7, 11) is 2.00. The summed E-state index contributed by atoms with van der Waals surface area (Å²) in [5.74, 6) is 1.80. The van der Waals surface area contributed by atoms with Crippen molar-refractivity contribution in [2.24, 2.45) is 5.92 Å². The zero-order valence-corrected chi connectivity index (χ0v) is 14.8. The molecule has 0 saturated carbocycles. The molecule has 0 bridgehead atoms. The molecule has 2 aliphatic heterocycles. The first kappa shape index (κ1) is 17.2. The van der Waals surface area contributed by atoms with Crippen LogP contribution in [0, 0.1) is 5.92 Å². The Morgan fingerprint density at radius 1 is 1.21 bits per heavy atom. The van der Waals surface area contributed by atoms with Gasteiger partial charge in [0.25, 0.3) is 5.91 Å². The highest BCUT2D eigenvalue weighted by molar-refractivity contribution is 5.99. The first-order valence-electron chi connectivity index (χ1n) is 9.43. The molecule has 0 unspecified atom stereocenters. The van der Waals surface area contributed by atoms with Crippen LogP contribution in [0.4, 0.5) is 5.82 Å². The van der Waals surface area contributed by atoms with Crippen LogP contribution in [0.25, 0.3) is 0 Å². The Kier molecular flexibility index (Phi) is 6.07. The fraction of sp³-hybridized carbons (Fsp3) is 0.684. The van der Waals surface area contributed by atoms with Crippen LogP contribution in [0.15, 0.2) is 18.3 Å². The zero-order valence-electron chi connectivity index (χ0n) is 14.8. The maximum atomic E-state index is 13.0. The van der Waals surface area contributed by atoms with Crippen molar-refractivity contribution >= 4 is 11.7 Å². The molecular weight excluding hydrogens is 300 g/mol. The summed E-state index contributed by atoms with van der Waals surface area (Å²) in [6, 6.07) is 3.84. The van der Waals surface area contributed by atoms with E-state index in [1.807, 2.05) is 30.3 Å². The molecule has 0 aliphatic carbocycles. The van der Waals surface area contributed by atoms with Gasteiger partial charge in [-0.25, -0.2) is 4.98 Å². The van der Waals surface area contributed by atoms with E-state index in [0.29, 0.717) is 0 Å². The van der Waals surface area contributed by atoms with Crippen LogP contribution in [0.3, 0.4) is 0 Å². The second-order valence-electron chi connectivity index (χ2n) is 7.05. The van der Waals surface area contributed by atoms with Crippen molar-refractivity contribution in [1.82, 2.24) is 15.2 Å². The topological polar surface area (TPSA) is 48.5 Å². The molecule has 0 atom stereocenters. The third-order valence-corrected chi connectivity index (χ3v) is 5.38. The van der Waals surface area contributed by atoms with Crippen LogP contribution >= 0.6 is 0 Å². The number of likely N-dealkylation sites (tertiary alicyclic amines) is 1. The van der Waals surface area contributed by atoms with E-state index in [4.69, 9.17) is 0 Å². The molecule has 0 aromatic carbocycles. The number of piperidine rings is 2. The number of pyridine rings is 1. The number of amides is 1. The number of anilines is 1. The van der Waals surface area contributed by atoms with Crippen LogP contribution in [0.1, 0.15) is 48.9 Å². The largest absolute Gasteiger partial charge is 0.356 e. The predicted octanol–water partition coefficient (Wildman–Crippen LogP) is 2.53. The summed E-state index contributed by atoms with van der Waals surface area (Å²) in [4.78, 5) is 21.9. The summed E-state index contributed by atoms with van der Waals surface area (Å²) >= 11 is 0. The lowest BCUT2D eigenvalue weighted by molar-refractivity contribution is 0.0687. The molecule has 2 aliphatic rings. The van der Waals surface area contributed by atoms with E-state index in [0.717, 1.165) is 62.9 Å². The molecule has 132 valence electrons. The van der Waals surface area contributed by atoms with Gasteiger partial charge in [0.2, 0.25) is 0 Å². The first-order valence-corrected chi connectivity index (χ1v) is 9.43. The van der Waals surface area contributed by atoms with Crippen molar-refractivity contribution in [2.45, 2.75) is 38.5 Å². The lowest BCUT2D eigenvalue weighted by atomic mass is 9.93. The standard InChI is InChI=1S/C19H30N4O/c1-20-11-7-16-8-14-23(15-9-16)19(24)17-6-5-10-21-18(17)22-12-3-2-4-13-22/h5-6,10,16,20H,2-4,7-9,11-15H2,1H3. The SMILES string of the molecule is CNCCC1CCN(C(=O)c2cccnc2N2CCCCC2)CC1. The maximum Gasteiger partial charge on any atom is 0.257 e. The minimum atomic E-state index is 0.163. The number of carbonyl (C=O) groups excluding carboxylic acids is 1. The molecule has 0 spiro atoms. The highest BCUT2D eigenvalue weighted by Gasteiger charge is 2.27. The summed E-state index contributed by atoms with van der Waals surface area (Å²) in [6.45, 7) is 4.86. The molecule has 1 aromatic rings. The number of hydrogen-bond donors (Lipinski definition) is 1. The minimum Gasteiger partial charge on any atom is -0.356 e. The highest BCUT2D eigenvalue weighted by Crippen LogP contribution is 2.26. The van der Waals surface area contributed by atoms with Gasteiger partial charge in [0.05, 0.1) is 5.56 Å². The predicted molar refractivity (Wildman–Crippen MR) is 97.5 cm³/mol. The number of aromatic nitrogens is 1. The summed E-state index contributed by atoms with van der Waals surface area (Å²) in [6.07, 6.45) is 8.93. The molecule has 24 heavy (non-hydrogen) atoms. The van der Waals surface area contributed by atoms with E-state index < -0.39 is 0 Å². The lowest BCUT2D eigenvalue weighted by Crippen LogP contribution is -2.40. The van der Waals surface area contributed by atoms with Crippen LogP contribution in [-0.4, -0.2) is 55.6 Å². The fourth-order valence-electron chi connectivity index (χ4n) is 3.87. The summed E-state index contributed by atoms with van der Waals surface area (Å²) < 4.78 is 0. The molecule has 5 heteroatoms. The highest BCUT2D eigenvalue weighted by atomic mass is 16.2. The van der Waals surface area contributed by atoms with Gasteiger partial charge in [-0.15, -0.1) is 0 Å². The van der Waals surface area contributed by atoms with Gasteiger partial charge in [-0.2, -0.15) is 0 Å². The average molecular weight is 330 g/mol. The van der Waals surface area contributed by atoms with Crippen molar-refractivity contribution in [1.29, 1.82) is 0 Å². The van der Waals surface area contributed by atoms with E-state index >= 15 is 0 Å². The van der Waals surface area contributed by atoms with Crippen LogP contribution < -0.4 is 10.2 Å². The van der Waals surface area contributed by atoms with E-state index in [1.54, 1.807) is 0 Å². The van der Waals surface area contributed by atoms with Crippen molar-refractivity contribution < 1.29 is 4.79 Å². The van der Waals surface area contributed by atoms with Gasteiger partial charge in [0, 0.05) is 32.4 Å². The number of carbonyl (C=O) groups is 1. The van der Waals surface area contributed by atoms with Crippen molar-refractivity contribution in [3.05, 3.63) is 23.9 Å². The molecule has 1 aromatic heterocycles. The Balaban J connectivity index is 1.65. The minimum absolute atomic E-state index is 0.163. The third-order valence-electron chi connectivity index (χ3n) is 5.38. The number of hydrogen-bond acceptors (Lipinski definition) is 4. The zero-order chi connectivity index (χ0) is 16.8. The number of nitrogens with zero attached hydrogens (tertiary/aromatic N) is 3. The second-order valence-corrected chi connectivity index (χ2v) is 7.05. The Morgan fingerprint density at radius 2 is 1.96 bits per heavy atom. The van der Waals surface area contributed by atoms with E-state index in [1.165, 1.54) is 25.7 Å². The molecule has 3 heterocycles. The first-order chi connectivity index (χ1) is 11.8. The summed E-state index contributed by atoms with van der Waals surface area (Å²) in [5, 5.41) is 3.22. The smallest absolute Gasteiger partial charge is 0.257 e. The van der Waals surface area contributed by atoms with Gasteiger partial charge < -0.3 is 15.1 Å². The molecule has 0 radical (unpaired) electrons. The Morgan fingerprint density at radius 3 is 2.67 bits per heavy atom. The van der Waals surface area contributed by atoms with E-state index in [2.05, 4.69) is 15.2 Å². The number of rotatable bonds is 5. The van der Waals surface area contributed by atoms with Gasteiger partial charge >= 0.3 is 0 Å². The van der Waals surface area contributed by atoms with Gasteiger partial charge in [-0.1, -0.05) is 0 Å². The molecule has 2 fully saturated rings. The molecule has 1 amide bonds. The van der Waals surface area contributed by atoms with Gasteiger partial charge in [-0.3, -0.25) is 4.79 Å². The summed E-state index contributed by atoms with van der Waals surface area (Å²) in [5.41, 5.74) is 0.785. The fourth-order valence-corrected chi connectivity index (χ4v) is 3.87. The van der Waals surface area contributed by atoms with Gasteiger partial charge in [0.1, 0.15) is 5.82 Å². The van der Waals surface area contributed by atoms with E-state index in [9.17, 15) is 4.79 Å². The normalized spacial score (nSPS) is 19.5. The third kappa shape index (κ3) is 4.07. The van der Waals surface area contributed by atoms with Crippen LogP contribution in [0.5, 0.6) is 0 Å². The molecule has 3 rings (SSSR count). The molecule has 2 saturated heterocycles. The monoisotopic (exact) mass is 330 g/mol. The number of nitrogens with one attached hydrogen (secondary N) is 1. The van der Waals surface area contributed by atoms with Gasteiger partial charge in [-0.05, 0) is 70.2 Å². The van der Waals surface area contributed by atoms with E-state index in [-0.39, 0.29) is 5.91 Å². The maximum absolute atomic E-state index is 13.0. The molecule has 5 nitrogen and oxygen atoms in total. The van der Waals surface area contributed by atoms with Crippen LogP contribution in [0.2, 0.25) is 0 Å². The van der Waals surface area contributed by atoms with Crippen LogP contribution in [-0.2, 0) is 0 Å². The average Bonchev–Trinajstić information content (AvgIpc) is 2.67. The van der Waals surface area contributed by atoms with Crippen molar-refractivity contribution in [3.63, 3.8) is 0 Å². The second kappa shape index (κ2) is 8.47. The van der Waals surface area contributed by atoms with Crippen molar-refractivity contribution in [3.8, 4) is 0 Å². The Bertz CT molecular complexity index is 534. The Hall–Kier alpha value is -1.62. The molecular formula is C19H30N4O.